The first-order valence-electron chi connectivity index (χ1n) is 16.2. The number of fused-ring (bicyclic) bond motifs is 1. The van der Waals surface area contributed by atoms with Crippen LogP contribution in [-0.2, 0) is 0 Å². The van der Waals surface area contributed by atoms with Crippen LogP contribution in [0.3, 0.4) is 0 Å². The van der Waals surface area contributed by atoms with E-state index in [1.165, 1.54) is 32.5 Å². The van der Waals surface area contributed by atoms with Gasteiger partial charge in [-0.3, -0.25) is 0 Å². The molecule has 0 aliphatic heterocycles. The van der Waals surface area contributed by atoms with Crippen molar-refractivity contribution in [3.63, 3.8) is 0 Å². The van der Waals surface area contributed by atoms with Crippen molar-refractivity contribution in [3.8, 4) is 11.1 Å². The molecule has 1 aromatic heterocycles. The zero-order valence-corrected chi connectivity index (χ0v) is 28.2. The van der Waals surface area contributed by atoms with Crippen LogP contribution in [0.25, 0.3) is 33.5 Å². The van der Waals surface area contributed by atoms with Crippen LogP contribution in [0, 0.1) is 0 Å². The first-order valence-corrected chi connectivity index (χ1v) is 17.1. The van der Waals surface area contributed by atoms with Gasteiger partial charge in [0.25, 0.3) is 0 Å². The molecule has 0 saturated carbocycles. The number of para-hydroxylation sites is 2. The van der Waals surface area contributed by atoms with Gasteiger partial charge in [-0.05, 0) is 101 Å². The lowest BCUT2D eigenvalue weighted by Gasteiger charge is -2.27. The number of nitrogens with zero attached hydrogens (tertiary/aromatic N) is 2. The highest BCUT2D eigenvalue weighted by atomic mass is 32.1. The Morgan fingerprint density at radius 2 is 1.15 bits per heavy atom. The fourth-order valence-corrected chi connectivity index (χ4v) is 7.27. The monoisotopic (exact) mass is 628 g/mol. The van der Waals surface area contributed by atoms with E-state index in [1.54, 1.807) is 11.3 Å². The molecule has 0 bridgehead atoms. The SMILES string of the molecule is C=C/C(=c1/sc2ccccc2c1=C)N(c1ccccc1)c1ccc(-c2ccc(N(C3=CCC=C3C)c3ccccc3)cc2)cc1.CC. The smallest absolute Gasteiger partial charge is 0.0634 e. The predicted octanol–water partition coefficient (Wildman–Crippen LogP) is 11.5. The van der Waals surface area contributed by atoms with Gasteiger partial charge in [-0.25, -0.2) is 0 Å². The van der Waals surface area contributed by atoms with Crippen LogP contribution < -0.4 is 19.6 Å². The van der Waals surface area contributed by atoms with E-state index in [2.05, 4.69) is 169 Å². The van der Waals surface area contributed by atoms with Crippen molar-refractivity contribution in [1.82, 2.24) is 0 Å². The van der Waals surface area contributed by atoms with Gasteiger partial charge < -0.3 is 9.80 Å². The van der Waals surface area contributed by atoms with Crippen LogP contribution in [0.15, 0.2) is 170 Å². The molecule has 0 radical (unpaired) electrons. The second kappa shape index (κ2) is 14.4. The first kappa shape index (κ1) is 31.6. The Morgan fingerprint density at radius 1 is 0.638 bits per heavy atom. The van der Waals surface area contributed by atoms with Crippen molar-refractivity contribution >= 4 is 56.4 Å². The van der Waals surface area contributed by atoms with E-state index < -0.39 is 0 Å². The van der Waals surface area contributed by atoms with Crippen LogP contribution in [0.2, 0.25) is 0 Å². The summed E-state index contributed by atoms with van der Waals surface area (Å²) in [6, 6.07) is 47.2. The molecule has 7 rings (SSSR count). The van der Waals surface area contributed by atoms with Gasteiger partial charge in [0.15, 0.2) is 0 Å². The van der Waals surface area contributed by atoms with Crippen LogP contribution >= 0.6 is 11.3 Å². The lowest BCUT2D eigenvalue weighted by atomic mass is 10.0. The van der Waals surface area contributed by atoms with Crippen LogP contribution in [0.1, 0.15) is 27.2 Å². The van der Waals surface area contributed by atoms with E-state index >= 15 is 0 Å². The Balaban J connectivity index is 0.00000190. The summed E-state index contributed by atoms with van der Waals surface area (Å²) in [7, 11) is 0. The van der Waals surface area contributed by atoms with E-state index in [0.717, 1.165) is 44.6 Å². The Hall–Kier alpha value is -5.38. The van der Waals surface area contributed by atoms with Crippen molar-refractivity contribution < 1.29 is 0 Å². The Bertz CT molecular complexity index is 2150. The minimum atomic E-state index is 0.971. The first-order chi connectivity index (χ1) is 23.1. The molecule has 1 aliphatic rings. The van der Waals surface area contributed by atoms with Gasteiger partial charge >= 0.3 is 0 Å². The topological polar surface area (TPSA) is 6.48 Å². The van der Waals surface area contributed by atoms with Crippen molar-refractivity contribution in [1.29, 1.82) is 0 Å². The third kappa shape index (κ3) is 6.36. The molecule has 47 heavy (non-hydrogen) atoms. The van der Waals surface area contributed by atoms with Gasteiger partial charge in [-0.2, -0.15) is 0 Å². The van der Waals surface area contributed by atoms with Gasteiger partial charge in [-0.15, -0.1) is 11.3 Å². The van der Waals surface area contributed by atoms with Gasteiger partial charge in [0.1, 0.15) is 0 Å². The molecule has 0 N–H and O–H groups in total. The number of benzene rings is 5. The molecule has 232 valence electrons. The maximum absolute atomic E-state index is 4.47. The fourth-order valence-electron chi connectivity index (χ4n) is 6.09. The number of rotatable bonds is 8. The van der Waals surface area contributed by atoms with Crippen molar-refractivity contribution in [2.75, 3.05) is 9.80 Å². The molecule has 6 aromatic rings. The molecule has 0 fully saturated rings. The highest BCUT2D eigenvalue weighted by Crippen LogP contribution is 2.37. The molecule has 0 unspecified atom stereocenters. The highest BCUT2D eigenvalue weighted by Gasteiger charge is 2.19. The molecule has 0 atom stereocenters. The van der Waals surface area contributed by atoms with Gasteiger partial charge in [0, 0.05) is 33.1 Å². The van der Waals surface area contributed by atoms with E-state index in [9.17, 15) is 0 Å². The Kier molecular flexibility index (Phi) is 9.66. The van der Waals surface area contributed by atoms with Gasteiger partial charge in [0.2, 0.25) is 0 Å². The molecule has 0 saturated heterocycles. The molecule has 3 heteroatoms. The number of allylic oxidation sites excluding steroid dienone is 3. The average Bonchev–Trinajstić information content (AvgIpc) is 3.71. The third-order valence-electron chi connectivity index (χ3n) is 8.36. The summed E-state index contributed by atoms with van der Waals surface area (Å²) in [6.45, 7) is 14.9. The Labute approximate surface area is 282 Å². The summed E-state index contributed by atoms with van der Waals surface area (Å²) in [5, 5.41) is 2.22. The number of hydrogen-bond acceptors (Lipinski definition) is 3. The lowest BCUT2D eigenvalue weighted by Crippen LogP contribution is -2.27. The largest absolute Gasteiger partial charge is 0.311 e. The van der Waals surface area contributed by atoms with E-state index in [0.29, 0.717) is 0 Å². The second-order valence-electron chi connectivity index (χ2n) is 11.1. The maximum Gasteiger partial charge on any atom is 0.0634 e. The maximum atomic E-state index is 4.47. The van der Waals surface area contributed by atoms with Crippen LogP contribution in [0.4, 0.5) is 22.7 Å². The third-order valence-corrected chi connectivity index (χ3v) is 9.59. The van der Waals surface area contributed by atoms with Crippen LogP contribution in [0.5, 0.6) is 0 Å². The second-order valence-corrected chi connectivity index (χ2v) is 12.2. The van der Waals surface area contributed by atoms with Crippen molar-refractivity contribution in [2.24, 2.45) is 0 Å². The molecular weight excluding hydrogens is 589 g/mol. The molecular formula is C44H40N2S. The molecule has 5 aromatic carbocycles. The number of anilines is 4. The van der Waals surface area contributed by atoms with Crippen molar-refractivity contribution in [2.45, 2.75) is 27.2 Å². The summed E-state index contributed by atoms with van der Waals surface area (Å²) in [5.74, 6) is 0. The van der Waals surface area contributed by atoms with E-state index in [4.69, 9.17) is 0 Å². The number of thiophene rings is 1. The normalized spacial score (nSPS) is 12.8. The summed E-state index contributed by atoms with van der Waals surface area (Å²) < 4.78 is 2.35. The van der Waals surface area contributed by atoms with E-state index in [1.807, 2.05) is 26.0 Å². The summed E-state index contributed by atoms with van der Waals surface area (Å²) in [6.07, 6.45) is 7.51. The molecule has 1 heterocycles. The van der Waals surface area contributed by atoms with Crippen molar-refractivity contribution in [3.05, 3.63) is 179 Å². The average molecular weight is 629 g/mol. The lowest BCUT2D eigenvalue weighted by molar-refractivity contribution is 1.17. The number of hydrogen-bond donors (Lipinski definition) is 0. The van der Waals surface area contributed by atoms with Gasteiger partial charge in [0.05, 0.1) is 10.2 Å². The minimum Gasteiger partial charge on any atom is -0.311 e. The fraction of sp³-hybridized carbons (Fsp3) is 0.0909. The molecule has 0 spiro atoms. The molecule has 2 nitrogen and oxygen atoms in total. The summed E-state index contributed by atoms with van der Waals surface area (Å²) >= 11 is 1.76. The predicted molar refractivity (Wildman–Crippen MR) is 207 cm³/mol. The molecule has 0 amide bonds. The quantitative estimate of drug-likeness (QED) is 0.165. The van der Waals surface area contributed by atoms with E-state index in [-0.39, 0.29) is 0 Å². The molecule has 1 aliphatic carbocycles. The highest BCUT2D eigenvalue weighted by molar-refractivity contribution is 7.17. The minimum absolute atomic E-state index is 0.971. The summed E-state index contributed by atoms with van der Waals surface area (Å²) in [5.41, 5.74) is 10.4. The zero-order valence-electron chi connectivity index (χ0n) is 27.4. The Morgan fingerprint density at radius 3 is 1.70 bits per heavy atom. The summed E-state index contributed by atoms with van der Waals surface area (Å²) in [4.78, 5) is 4.63. The standard InChI is InChI=1S/C42H34N2S.C2H6/c1-4-39(42-31(3)38-19-11-12-21-41(38)45-42)43(34-15-7-5-8-16-34)36-26-22-32(23-27-36)33-24-28-37(29-25-33)44(35-17-9-6-10-18-35)40-20-13-14-30(40)2;1-2/h4-12,14-29H,1,3,13H2,2H3;1-2H3/b42-39-;. The van der Waals surface area contributed by atoms with Gasteiger partial charge in [-0.1, -0.05) is 118 Å². The van der Waals surface area contributed by atoms with Crippen LogP contribution in [-0.4, -0.2) is 0 Å². The zero-order chi connectivity index (χ0) is 32.8.